The molecule has 39 nitrogen and oxygen atoms in total. The van der Waals surface area contributed by atoms with Crippen molar-refractivity contribution in [2.45, 2.75) is 139 Å². The van der Waals surface area contributed by atoms with E-state index in [1.165, 1.54) is 93.5 Å². The number of aliphatic hydroxyl groups excluding tert-OH is 2. The number of carbonyl (C=O) groups is 14. The molecule has 0 saturated carbocycles. The van der Waals surface area contributed by atoms with Crippen LogP contribution in [0.25, 0.3) is 33.4 Å². The standard InChI is InChI=1S/C68H85N15O24/c1-34(84)58(83-65(100)50(25-39-29-71-33-76-39)80-63(98)48(77-36(3)86)16-17-56(93)94)66(101)74-20-22-105-30-53(89)78-47(7-4-5-18-72-61(96)37-10-13-42(68(103)104)45(23-37)57-43-14-11-40(87)26-51(43)107-52-27-41(88)12-15-44(52)57)62(97)73-19-21-106-31-54(90)82-59(35(2)85)67(102)81-49(24-38-28-70-32-75-38)64(99)79-46(60(69)95)8-6-9-55(91)92/h10-15,23,26-29,32-35,46-50,58-59,84-85,87H,4-9,16-22,24-25,30-31H2,1-3H3,(H2,69,95)(H,70,75)(H,71,76)(H,72,96)(H,73,97)(H,74,101)(H,77,86)(H,78,89)(H,79,99)(H,80,98)(H,81,102)(H,82,90)(H,83,100)(H,91,92)(H,93,94)(H,103,104)/t34-,35+,46-,47-,48+,49-,50+,58+,59-/m1/s1. The number of phenolic OH excluding ortho intramolecular Hbond substituents is 1. The average Bonchev–Trinajstić information content (AvgIpc) is 1.12. The molecule has 20 N–H and O–H groups in total. The second-order valence-corrected chi connectivity index (χ2v) is 24.5. The summed E-state index contributed by atoms with van der Waals surface area (Å²) >= 11 is 0. The maximum atomic E-state index is 13.8. The van der Waals surface area contributed by atoms with E-state index < -0.39 is 162 Å². The van der Waals surface area contributed by atoms with Gasteiger partial charge in [0.15, 0.2) is 5.43 Å². The molecule has 2 aromatic heterocycles. The van der Waals surface area contributed by atoms with Crippen molar-refractivity contribution in [3.05, 3.63) is 112 Å². The summed E-state index contributed by atoms with van der Waals surface area (Å²) in [6.07, 6.45) is 0.681. The molecule has 9 atom stereocenters. The molecule has 0 saturated heterocycles. The number of carbonyl (C=O) groups excluding carboxylic acids is 11. The zero-order valence-electron chi connectivity index (χ0n) is 58.2. The Morgan fingerprint density at radius 2 is 1.11 bits per heavy atom. The highest BCUT2D eigenvalue weighted by molar-refractivity contribution is 6.09. The third-order valence-electron chi connectivity index (χ3n) is 16.1. The van der Waals surface area contributed by atoms with Gasteiger partial charge >= 0.3 is 17.9 Å². The van der Waals surface area contributed by atoms with Crippen LogP contribution in [0.2, 0.25) is 0 Å². The number of nitrogens with two attached hydrogens (primary N) is 1. The predicted molar refractivity (Wildman–Crippen MR) is 372 cm³/mol. The van der Waals surface area contributed by atoms with Crippen LogP contribution in [0.1, 0.15) is 104 Å². The van der Waals surface area contributed by atoms with Crippen molar-refractivity contribution in [3.63, 3.8) is 0 Å². The first-order valence-corrected chi connectivity index (χ1v) is 33.6. The fraction of sp³-hybridized carbons (Fsp3) is 0.426. The number of amides is 11. The third-order valence-corrected chi connectivity index (χ3v) is 16.1. The van der Waals surface area contributed by atoms with Gasteiger partial charge < -0.3 is 113 Å². The number of carboxylic acids is 3. The molecule has 0 spiro atoms. The number of rotatable bonds is 45. The number of benzene rings is 3. The smallest absolute Gasteiger partial charge is 0.336 e. The number of primary amides is 1. The zero-order valence-corrected chi connectivity index (χ0v) is 58.2. The Hall–Kier alpha value is -12.2. The van der Waals surface area contributed by atoms with E-state index in [9.17, 15) is 97.5 Å². The Kier molecular flexibility index (Phi) is 32.3. The number of nitrogens with zero attached hydrogens (tertiary/aromatic N) is 2. The highest BCUT2D eigenvalue weighted by Crippen LogP contribution is 2.42. The second-order valence-electron chi connectivity index (χ2n) is 24.5. The molecule has 2 aliphatic rings. The highest BCUT2D eigenvalue weighted by Gasteiger charge is 2.35. The summed E-state index contributed by atoms with van der Waals surface area (Å²) in [4.78, 5) is 207. The number of aromatic nitrogens is 4. The van der Waals surface area contributed by atoms with Crippen LogP contribution < -0.4 is 64.3 Å². The molecule has 2 aromatic carbocycles. The number of aromatic carboxylic acids is 1. The van der Waals surface area contributed by atoms with Crippen LogP contribution in [0, 0.1) is 0 Å². The number of aliphatic carboxylic acids is 2. The fourth-order valence-electron chi connectivity index (χ4n) is 10.8. The molecule has 6 rings (SSSR count). The lowest BCUT2D eigenvalue weighted by molar-refractivity contribution is -0.138. The molecule has 0 bridgehead atoms. The Morgan fingerprint density at radius 1 is 0.551 bits per heavy atom. The van der Waals surface area contributed by atoms with Crippen molar-refractivity contribution in [2.24, 2.45) is 5.73 Å². The van der Waals surface area contributed by atoms with Crippen molar-refractivity contribution < 1.29 is 112 Å². The summed E-state index contributed by atoms with van der Waals surface area (Å²) in [7, 11) is 0. The number of nitrogens with one attached hydrogen (secondary N) is 12. The molecule has 4 aromatic rings. The maximum absolute atomic E-state index is 13.8. The highest BCUT2D eigenvalue weighted by atomic mass is 16.5. The Bertz CT molecular complexity index is 4170. The van der Waals surface area contributed by atoms with Gasteiger partial charge in [0.25, 0.3) is 5.91 Å². The number of unbranched alkanes of at least 4 members (excludes halogenated alkanes) is 1. The van der Waals surface area contributed by atoms with Crippen molar-refractivity contribution >= 4 is 93.9 Å². The fourth-order valence-corrected chi connectivity index (χ4v) is 10.8. The van der Waals surface area contributed by atoms with Gasteiger partial charge in [-0.15, -0.1) is 0 Å². The van der Waals surface area contributed by atoms with Gasteiger partial charge in [0.05, 0.1) is 55.0 Å². The average molecular weight is 1500 g/mol. The molecule has 107 heavy (non-hydrogen) atoms. The lowest BCUT2D eigenvalue weighted by Gasteiger charge is -2.26. The van der Waals surface area contributed by atoms with Crippen LogP contribution in [0.3, 0.4) is 0 Å². The van der Waals surface area contributed by atoms with Crippen LogP contribution in [0.4, 0.5) is 0 Å². The number of aliphatic hydroxyl groups is 2. The number of carboxylic acid groups (broad SMARTS) is 3. The summed E-state index contributed by atoms with van der Waals surface area (Å²) in [6.45, 7) is 0.681. The van der Waals surface area contributed by atoms with E-state index in [1.807, 2.05) is 0 Å². The maximum Gasteiger partial charge on any atom is 0.336 e. The molecule has 0 radical (unpaired) electrons. The first kappa shape index (κ1) is 83.7. The molecule has 1 aliphatic heterocycles. The minimum Gasteiger partial charge on any atom is -0.508 e. The zero-order chi connectivity index (χ0) is 78.4. The number of imidazole rings is 2. The Morgan fingerprint density at radius 3 is 1.69 bits per heavy atom. The topological polar surface area (TPSA) is 613 Å². The number of aromatic amines is 2. The quantitative estimate of drug-likeness (QED) is 0.0133. The summed E-state index contributed by atoms with van der Waals surface area (Å²) in [5.41, 5.74) is 6.24. The summed E-state index contributed by atoms with van der Waals surface area (Å²) in [5.74, 6) is -13.5. The van der Waals surface area contributed by atoms with Crippen molar-refractivity contribution in [2.75, 3.05) is 46.1 Å². The molecule has 576 valence electrons. The summed E-state index contributed by atoms with van der Waals surface area (Å²) in [5, 5.41) is 85.0. The minimum atomic E-state index is -1.70. The third kappa shape index (κ3) is 26.8. The van der Waals surface area contributed by atoms with Crippen molar-refractivity contribution in [1.82, 2.24) is 73.1 Å². The van der Waals surface area contributed by atoms with E-state index in [1.54, 1.807) is 0 Å². The summed E-state index contributed by atoms with van der Waals surface area (Å²) < 4.78 is 16.8. The van der Waals surface area contributed by atoms with E-state index in [2.05, 4.69) is 73.1 Å². The molecular weight excluding hydrogens is 1410 g/mol. The van der Waals surface area contributed by atoms with E-state index in [-0.39, 0.29) is 136 Å². The van der Waals surface area contributed by atoms with Gasteiger partial charge in [-0.05, 0) is 100 Å². The molecule has 11 amide bonds. The molecule has 39 heteroatoms. The largest absolute Gasteiger partial charge is 0.508 e. The Labute approximate surface area is 608 Å². The molecule has 3 heterocycles. The van der Waals surface area contributed by atoms with Gasteiger partial charge in [-0.1, -0.05) is 0 Å². The van der Waals surface area contributed by atoms with Crippen LogP contribution in [-0.2, 0) is 79.8 Å². The van der Waals surface area contributed by atoms with Gasteiger partial charge in [0, 0.05) is 98.8 Å². The number of aromatic hydroxyl groups is 1. The molecular formula is C68H85N15O24. The first-order chi connectivity index (χ1) is 50.9. The van der Waals surface area contributed by atoms with E-state index >= 15 is 0 Å². The first-order valence-electron chi connectivity index (χ1n) is 33.6. The van der Waals surface area contributed by atoms with E-state index in [0.29, 0.717) is 16.5 Å². The lowest BCUT2D eigenvalue weighted by atomic mass is 9.89. The molecule has 1 aliphatic carbocycles. The SMILES string of the molecule is CC(=O)N[C@@H](CCC(=O)O)C(=O)N[C@@H](Cc1c[nH]cn1)C(=O)N[C@H](C(=O)NCCOCC(=O)N[C@H](CCCCNC(=O)c1ccc(C(=O)O)c(-c2c3ccc(=O)cc-3oc3cc(O)ccc23)c1)C(=O)NCCOCC(=O)N[C@@H](C(=O)N[C@H](Cc1c[nH]cn1)C(=O)N[C@H](CCCC(=O)O)C(N)=O)[C@H](C)O)[C@@H](C)O. The number of fused-ring (bicyclic) bond motifs is 2. The van der Waals surface area contributed by atoms with Crippen LogP contribution >= 0.6 is 0 Å². The van der Waals surface area contributed by atoms with Gasteiger partial charge in [-0.2, -0.15) is 0 Å². The number of H-pyrrole nitrogens is 2. The van der Waals surface area contributed by atoms with E-state index in [0.717, 1.165) is 6.92 Å². The van der Waals surface area contributed by atoms with Gasteiger partial charge in [-0.25, -0.2) is 14.8 Å². The molecule has 0 unspecified atom stereocenters. The van der Waals surface area contributed by atoms with Gasteiger partial charge in [0.1, 0.15) is 72.6 Å². The normalized spacial score (nSPS) is 13.7. The monoisotopic (exact) mass is 1500 g/mol. The second kappa shape index (κ2) is 41.3. The number of phenols is 1. The van der Waals surface area contributed by atoms with Crippen LogP contribution in [0.15, 0.2) is 88.9 Å². The lowest BCUT2D eigenvalue weighted by Crippen LogP contribution is -2.59. The van der Waals surface area contributed by atoms with E-state index in [4.69, 9.17) is 24.7 Å². The summed E-state index contributed by atoms with van der Waals surface area (Å²) in [6, 6.07) is 1.63. The number of hydrogen-bond acceptors (Lipinski definition) is 23. The predicted octanol–water partition coefficient (Wildman–Crippen LogP) is -3.15. The van der Waals surface area contributed by atoms with Crippen molar-refractivity contribution in [1.29, 1.82) is 0 Å². The molecule has 0 fully saturated rings. The van der Waals surface area contributed by atoms with Gasteiger partial charge in [0.2, 0.25) is 59.1 Å². The number of ether oxygens (including phenoxy) is 2. The Balaban J connectivity index is 1.07. The number of hydrogen-bond donors (Lipinski definition) is 19. The minimum absolute atomic E-state index is 0.0185. The van der Waals surface area contributed by atoms with Gasteiger partial charge in [-0.3, -0.25) is 67.1 Å². The van der Waals surface area contributed by atoms with Crippen LogP contribution in [-0.4, -0.2) is 234 Å². The van der Waals surface area contributed by atoms with Crippen molar-refractivity contribution in [3.8, 4) is 28.2 Å². The van der Waals surface area contributed by atoms with Crippen LogP contribution in [0.5, 0.6) is 5.75 Å².